The van der Waals surface area contributed by atoms with Gasteiger partial charge in [0.25, 0.3) is 0 Å². The number of hydrogen-bond acceptors (Lipinski definition) is 2. The van der Waals surface area contributed by atoms with Crippen LogP contribution in [-0.4, -0.2) is 11.5 Å². The van der Waals surface area contributed by atoms with Crippen LogP contribution in [0.15, 0.2) is 28.6 Å². The Kier molecular flexibility index (Phi) is 3.17. The summed E-state index contributed by atoms with van der Waals surface area (Å²) in [6.45, 7) is 4.06. The van der Waals surface area contributed by atoms with Crippen molar-refractivity contribution < 1.29 is 0 Å². The van der Waals surface area contributed by atoms with Crippen molar-refractivity contribution in [2.45, 2.75) is 13.8 Å². The predicted octanol–water partition coefficient (Wildman–Crippen LogP) is 4.15. The summed E-state index contributed by atoms with van der Waals surface area (Å²) in [4.78, 5) is 4.52. The van der Waals surface area contributed by atoms with Gasteiger partial charge in [-0.25, -0.2) is 0 Å². The summed E-state index contributed by atoms with van der Waals surface area (Å²) in [7, 11) is 0. The lowest BCUT2D eigenvalue weighted by Gasteiger charge is -2.10. The van der Waals surface area contributed by atoms with Crippen molar-refractivity contribution in [3.8, 4) is 0 Å². The highest BCUT2D eigenvalue weighted by Crippen LogP contribution is 2.27. The van der Waals surface area contributed by atoms with E-state index in [0.29, 0.717) is 0 Å². The van der Waals surface area contributed by atoms with Crippen molar-refractivity contribution >= 4 is 34.8 Å². The zero-order valence-electron chi connectivity index (χ0n) is 8.75. The van der Waals surface area contributed by atoms with Crippen LogP contribution < -0.4 is 0 Å². The topological polar surface area (TPSA) is 12.4 Å². The van der Waals surface area contributed by atoms with Gasteiger partial charge < -0.3 is 0 Å². The normalized spacial score (nSPS) is 15.9. The number of nitrogens with zero attached hydrogens (tertiary/aromatic N) is 1. The minimum atomic E-state index is 0.803. The van der Waals surface area contributed by atoms with Crippen LogP contribution in [0.4, 0.5) is 0 Å². The number of aliphatic imine (C=N–C) groups is 1. The summed E-state index contributed by atoms with van der Waals surface area (Å²) in [5.41, 5.74) is 4.38. The first-order chi connectivity index (χ1) is 7.16. The summed E-state index contributed by atoms with van der Waals surface area (Å²) in [5.74, 6) is 0.989. The minimum Gasteiger partial charge on any atom is -0.256 e. The lowest BCUT2D eigenvalue weighted by Crippen LogP contribution is -1.99. The molecule has 0 atom stereocenters. The Morgan fingerprint density at radius 3 is 2.80 bits per heavy atom. The highest BCUT2D eigenvalue weighted by Gasteiger charge is 2.07. The average Bonchev–Trinajstić information content (AvgIpc) is 2.22. The van der Waals surface area contributed by atoms with Crippen molar-refractivity contribution in [3.05, 3.63) is 39.8 Å². The van der Waals surface area contributed by atoms with Gasteiger partial charge in [-0.05, 0) is 30.9 Å². The van der Waals surface area contributed by atoms with E-state index in [1.165, 1.54) is 0 Å². The van der Waals surface area contributed by atoms with Gasteiger partial charge in [0.05, 0.1) is 5.70 Å². The molecule has 1 aliphatic heterocycles. The first kappa shape index (κ1) is 10.8. The van der Waals surface area contributed by atoms with Gasteiger partial charge in [0.1, 0.15) is 0 Å². The molecular weight excluding hydrogens is 226 g/mol. The molecule has 0 saturated heterocycles. The second-order valence-electron chi connectivity index (χ2n) is 3.63. The number of aryl methyl sites for hydroxylation is 1. The van der Waals surface area contributed by atoms with Gasteiger partial charge in [0.15, 0.2) is 0 Å². The van der Waals surface area contributed by atoms with E-state index in [1.54, 1.807) is 11.8 Å². The van der Waals surface area contributed by atoms with Gasteiger partial charge in [-0.2, -0.15) is 0 Å². The van der Waals surface area contributed by atoms with Gasteiger partial charge in [0, 0.05) is 22.1 Å². The Balaban J connectivity index is 2.38. The van der Waals surface area contributed by atoms with E-state index < -0.39 is 0 Å². The molecule has 0 bridgehead atoms. The first-order valence-corrected chi connectivity index (χ1v) is 6.22. The second kappa shape index (κ2) is 4.42. The highest BCUT2D eigenvalue weighted by molar-refractivity contribution is 8.03. The Bertz CT molecular complexity index is 449. The van der Waals surface area contributed by atoms with Crippen LogP contribution in [0.2, 0.25) is 5.02 Å². The van der Waals surface area contributed by atoms with E-state index in [9.17, 15) is 0 Å². The van der Waals surface area contributed by atoms with Crippen LogP contribution in [0.25, 0.3) is 5.70 Å². The fourth-order valence-electron chi connectivity index (χ4n) is 1.39. The van der Waals surface area contributed by atoms with Crippen LogP contribution >= 0.6 is 23.4 Å². The van der Waals surface area contributed by atoms with Crippen LogP contribution in [0.3, 0.4) is 0 Å². The van der Waals surface area contributed by atoms with Gasteiger partial charge in [0.2, 0.25) is 0 Å². The predicted molar refractivity (Wildman–Crippen MR) is 69.7 cm³/mol. The van der Waals surface area contributed by atoms with Crippen LogP contribution in [0, 0.1) is 6.92 Å². The van der Waals surface area contributed by atoms with Crippen LogP contribution in [0.1, 0.15) is 18.1 Å². The molecule has 0 radical (unpaired) electrons. The molecule has 0 saturated carbocycles. The summed E-state index contributed by atoms with van der Waals surface area (Å²) in [6.07, 6.45) is 0. The summed E-state index contributed by atoms with van der Waals surface area (Å²) >= 11 is 7.87. The zero-order chi connectivity index (χ0) is 10.8. The summed E-state index contributed by atoms with van der Waals surface area (Å²) in [5, 5.41) is 2.89. The van der Waals surface area contributed by atoms with E-state index in [-0.39, 0.29) is 0 Å². The molecule has 1 aliphatic rings. The minimum absolute atomic E-state index is 0.803. The smallest absolute Gasteiger partial charge is 0.0765 e. The average molecular weight is 238 g/mol. The number of benzene rings is 1. The number of thioether (sulfide) groups is 1. The van der Waals surface area contributed by atoms with E-state index in [0.717, 1.165) is 33.3 Å². The SMILES string of the molecule is CC1=NC(c2ccc(C)c(Cl)c2)=CSC1. The molecule has 3 heteroatoms. The molecular formula is C12H12ClNS. The van der Waals surface area contributed by atoms with Crippen molar-refractivity contribution in [1.82, 2.24) is 0 Å². The lowest BCUT2D eigenvalue weighted by atomic mass is 10.1. The van der Waals surface area contributed by atoms with E-state index in [1.807, 2.05) is 19.1 Å². The van der Waals surface area contributed by atoms with Crippen LogP contribution in [-0.2, 0) is 0 Å². The Hall–Kier alpha value is -0.730. The fraction of sp³-hybridized carbons (Fsp3) is 0.250. The second-order valence-corrected chi connectivity index (χ2v) is 4.89. The van der Waals surface area contributed by atoms with E-state index in [4.69, 9.17) is 11.6 Å². The number of halogens is 1. The van der Waals surface area contributed by atoms with Crippen molar-refractivity contribution in [1.29, 1.82) is 0 Å². The van der Waals surface area contributed by atoms with Crippen molar-refractivity contribution in [2.24, 2.45) is 4.99 Å². The molecule has 0 aliphatic carbocycles. The van der Waals surface area contributed by atoms with Gasteiger partial charge in [-0.3, -0.25) is 4.99 Å². The summed E-state index contributed by atoms with van der Waals surface area (Å²) < 4.78 is 0. The maximum Gasteiger partial charge on any atom is 0.0765 e. The molecule has 1 aromatic carbocycles. The monoisotopic (exact) mass is 237 g/mol. The van der Waals surface area contributed by atoms with E-state index >= 15 is 0 Å². The van der Waals surface area contributed by atoms with Gasteiger partial charge in [-0.15, -0.1) is 11.8 Å². The maximum atomic E-state index is 6.09. The Morgan fingerprint density at radius 1 is 1.33 bits per heavy atom. The number of rotatable bonds is 1. The zero-order valence-corrected chi connectivity index (χ0v) is 10.3. The third-order valence-corrected chi connectivity index (χ3v) is 3.65. The number of hydrogen-bond donors (Lipinski definition) is 0. The third kappa shape index (κ3) is 2.44. The highest BCUT2D eigenvalue weighted by atomic mass is 35.5. The summed E-state index contributed by atoms with van der Waals surface area (Å²) in [6, 6.07) is 6.07. The fourth-order valence-corrected chi connectivity index (χ4v) is 2.31. The lowest BCUT2D eigenvalue weighted by molar-refractivity contribution is 1.42. The Labute approximate surface area is 99.2 Å². The molecule has 0 unspecified atom stereocenters. The first-order valence-electron chi connectivity index (χ1n) is 4.79. The maximum absolute atomic E-state index is 6.09. The third-order valence-electron chi connectivity index (χ3n) is 2.27. The van der Waals surface area contributed by atoms with Gasteiger partial charge >= 0.3 is 0 Å². The molecule has 1 heterocycles. The Morgan fingerprint density at radius 2 is 2.13 bits per heavy atom. The van der Waals surface area contributed by atoms with E-state index in [2.05, 4.69) is 23.4 Å². The molecule has 0 spiro atoms. The molecule has 15 heavy (non-hydrogen) atoms. The van der Waals surface area contributed by atoms with Gasteiger partial charge in [-0.1, -0.05) is 23.7 Å². The molecule has 0 amide bonds. The largest absolute Gasteiger partial charge is 0.256 e. The molecule has 0 N–H and O–H groups in total. The molecule has 0 aromatic heterocycles. The molecule has 1 aromatic rings. The van der Waals surface area contributed by atoms with Crippen LogP contribution in [0.5, 0.6) is 0 Å². The standard InChI is InChI=1S/C12H12ClNS/c1-8-3-4-10(5-11(8)13)12-7-15-6-9(2)14-12/h3-5,7H,6H2,1-2H3. The molecule has 78 valence electrons. The van der Waals surface area contributed by atoms with Crippen molar-refractivity contribution in [3.63, 3.8) is 0 Å². The molecule has 0 fully saturated rings. The molecule has 2 rings (SSSR count). The van der Waals surface area contributed by atoms with Crippen molar-refractivity contribution in [2.75, 3.05) is 5.75 Å². The quantitative estimate of drug-likeness (QED) is 0.715. The molecule has 1 nitrogen and oxygen atoms in total.